The molecule has 1 aromatic heterocycles. The van der Waals surface area contributed by atoms with Crippen molar-refractivity contribution < 1.29 is 17.5 Å². The molecule has 0 N–H and O–H groups in total. The Bertz CT molecular complexity index is 1230. The van der Waals surface area contributed by atoms with Gasteiger partial charge in [-0.15, -0.1) is 11.3 Å². The number of halogens is 1. The van der Waals surface area contributed by atoms with Crippen molar-refractivity contribution in [3.63, 3.8) is 0 Å². The molecule has 6 nitrogen and oxygen atoms in total. The van der Waals surface area contributed by atoms with Gasteiger partial charge in [-0.3, -0.25) is 9.21 Å². The molecule has 3 aromatic rings. The number of ether oxygens (including phenoxy) is 1. The van der Waals surface area contributed by atoms with E-state index in [1.807, 2.05) is 17.5 Å². The van der Waals surface area contributed by atoms with E-state index in [9.17, 15) is 18.1 Å². The zero-order valence-corrected chi connectivity index (χ0v) is 18.9. The zero-order chi connectivity index (χ0) is 22.6. The normalized spacial score (nSPS) is 14.8. The average molecular weight is 472 g/mol. The standard InChI is InChI=1S/C23H22FN3O3S2/c24-20-4-2-5-21(13-20)27(32(28,29)23-6-1-3-18(12-23)14-25)16-22-11-19(17-31-22)15-26-7-9-30-10-8-26/h1-6,11-13,17H,7-10,15-16H2. The number of hydrogen-bond acceptors (Lipinski definition) is 6. The number of rotatable bonds is 7. The summed E-state index contributed by atoms with van der Waals surface area (Å²) >= 11 is 1.47. The van der Waals surface area contributed by atoms with Gasteiger partial charge in [0.05, 0.1) is 42.0 Å². The van der Waals surface area contributed by atoms with Crippen LogP contribution < -0.4 is 4.31 Å². The molecule has 0 spiro atoms. The number of nitriles is 1. The lowest BCUT2D eigenvalue weighted by molar-refractivity contribution is 0.0342. The fourth-order valence-electron chi connectivity index (χ4n) is 3.55. The average Bonchev–Trinajstić information content (AvgIpc) is 3.25. The molecular weight excluding hydrogens is 449 g/mol. The van der Waals surface area contributed by atoms with E-state index in [-0.39, 0.29) is 22.7 Å². The molecule has 0 saturated carbocycles. The molecule has 0 unspecified atom stereocenters. The Morgan fingerprint density at radius 1 is 1.12 bits per heavy atom. The smallest absolute Gasteiger partial charge is 0.264 e. The highest BCUT2D eigenvalue weighted by Crippen LogP contribution is 2.29. The Labute approximate surface area is 191 Å². The van der Waals surface area contributed by atoms with Crippen LogP contribution in [-0.4, -0.2) is 39.6 Å². The highest BCUT2D eigenvalue weighted by molar-refractivity contribution is 7.92. The minimum Gasteiger partial charge on any atom is -0.379 e. The van der Waals surface area contributed by atoms with E-state index in [1.165, 1.54) is 52.0 Å². The summed E-state index contributed by atoms with van der Waals surface area (Å²) in [5.74, 6) is -0.521. The minimum absolute atomic E-state index is 0.00842. The Balaban J connectivity index is 1.64. The molecule has 0 amide bonds. The number of anilines is 1. The van der Waals surface area contributed by atoms with Crippen LogP contribution in [0.5, 0.6) is 0 Å². The fourth-order valence-corrected chi connectivity index (χ4v) is 5.98. The first-order valence-electron chi connectivity index (χ1n) is 10.1. The first-order valence-corrected chi connectivity index (χ1v) is 12.4. The molecule has 1 fully saturated rings. The van der Waals surface area contributed by atoms with E-state index in [1.54, 1.807) is 12.1 Å². The summed E-state index contributed by atoms with van der Waals surface area (Å²) in [6.45, 7) is 4.00. The van der Waals surface area contributed by atoms with Gasteiger partial charge in [-0.2, -0.15) is 5.26 Å². The molecule has 166 valence electrons. The molecule has 0 radical (unpaired) electrons. The molecular formula is C23H22FN3O3S2. The van der Waals surface area contributed by atoms with E-state index >= 15 is 0 Å². The number of hydrogen-bond donors (Lipinski definition) is 0. The molecule has 0 aliphatic carbocycles. The Morgan fingerprint density at radius 2 is 1.91 bits per heavy atom. The predicted octanol–water partition coefficient (Wildman–Crippen LogP) is 3.99. The Kier molecular flexibility index (Phi) is 6.86. The second kappa shape index (κ2) is 9.79. The second-order valence-electron chi connectivity index (χ2n) is 7.44. The lowest BCUT2D eigenvalue weighted by Crippen LogP contribution is -2.35. The van der Waals surface area contributed by atoms with Gasteiger partial charge in [0.1, 0.15) is 5.82 Å². The highest BCUT2D eigenvalue weighted by Gasteiger charge is 2.26. The molecule has 0 bridgehead atoms. The van der Waals surface area contributed by atoms with Crippen molar-refractivity contribution in [2.75, 3.05) is 30.6 Å². The van der Waals surface area contributed by atoms with Crippen LogP contribution in [0.4, 0.5) is 10.1 Å². The Hall–Kier alpha value is -2.77. The lowest BCUT2D eigenvalue weighted by Gasteiger charge is -2.26. The third-order valence-electron chi connectivity index (χ3n) is 5.16. The molecule has 2 aromatic carbocycles. The van der Waals surface area contributed by atoms with Gasteiger partial charge >= 0.3 is 0 Å². The molecule has 9 heteroatoms. The van der Waals surface area contributed by atoms with E-state index < -0.39 is 15.8 Å². The molecule has 1 aliphatic heterocycles. The molecule has 0 atom stereocenters. The topological polar surface area (TPSA) is 73.6 Å². The van der Waals surface area contributed by atoms with Gasteiger partial charge < -0.3 is 4.74 Å². The summed E-state index contributed by atoms with van der Waals surface area (Å²) in [5, 5.41) is 11.2. The summed E-state index contributed by atoms with van der Waals surface area (Å²) in [7, 11) is -4.02. The number of sulfonamides is 1. The number of nitrogens with zero attached hydrogens (tertiary/aromatic N) is 3. The Morgan fingerprint density at radius 3 is 2.66 bits per heavy atom. The van der Waals surface area contributed by atoms with Gasteiger partial charge in [0, 0.05) is 24.5 Å². The third kappa shape index (κ3) is 5.16. The third-order valence-corrected chi connectivity index (χ3v) is 7.90. The maximum Gasteiger partial charge on any atom is 0.264 e. The highest BCUT2D eigenvalue weighted by atomic mass is 32.2. The van der Waals surface area contributed by atoms with Gasteiger partial charge in [-0.25, -0.2) is 12.8 Å². The summed E-state index contributed by atoms with van der Waals surface area (Å²) in [5.41, 5.74) is 1.58. The molecule has 4 rings (SSSR count). The van der Waals surface area contributed by atoms with Crippen LogP contribution >= 0.6 is 11.3 Å². The van der Waals surface area contributed by atoms with Gasteiger partial charge in [0.25, 0.3) is 10.0 Å². The lowest BCUT2D eigenvalue weighted by atomic mass is 10.2. The van der Waals surface area contributed by atoms with Crippen molar-refractivity contribution in [3.8, 4) is 6.07 Å². The first kappa shape index (κ1) is 22.4. The van der Waals surface area contributed by atoms with Gasteiger partial charge in [-0.1, -0.05) is 12.1 Å². The van der Waals surface area contributed by atoms with E-state index in [0.29, 0.717) is 13.2 Å². The van der Waals surface area contributed by atoms with Crippen LogP contribution in [0.15, 0.2) is 64.9 Å². The SMILES string of the molecule is N#Cc1cccc(S(=O)(=O)N(Cc2cc(CN3CCOCC3)cs2)c2cccc(F)c2)c1. The van der Waals surface area contributed by atoms with Crippen LogP contribution in [0.3, 0.4) is 0 Å². The van der Waals surface area contributed by atoms with E-state index in [0.717, 1.165) is 30.1 Å². The molecule has 32 heavy (non-hydrogen) atoms. The minimum atomic E-state index is -4.02. The van der Waals surface area contributed by atoms with E-state index in [2.05, 4.69) is 4.90 Å². The number of benzene rings is 2. The first-order chi connectivity index (χ1) is 15.5. The summed E-state index contributed by atoms with van der Waals surface area (Å²) in [4.78, 5) is 3.13. The van der Waals surface area contributed by atoms with Crippen molar-refractivity contribution in [1.29, 1.82) is 5.26 Å². The van der Waals surface area contributed by atoms with Crippen molar-refractivity contribution >= 4 is 27.0 Å². The summed E-state index contributed by atoms with van der Waals surface area (Å²) in [6.07, 6.45) is 0. The monoisotopic (exact) mass is 471 g/mol. The van der Waals surface area contributed by atoms with Crippen LogP contribution in [0.2, 0.25) is 0 Å². The van der Waals surface area contributed by atoms with Crippen LogP contribution in [0.1, 0.15) is 16.0 Å². The van der Waals surface area contributed by atoms with Crippen molar-refractivity contribution in [2.45, 2.75) is 18.0 Å². The zero-order valence-electron chi connectivity index (χ0n) is 17.3. The largest absolute Gasteiger partial charge is 0.379 e. The van der Waals surface area contributed by atoms with Crippen molar-refractivity contribution in [1.82, 2.24) is 4.90 Å². The molecule has 1 saturated heterocycles. The fraction of sp³-hybridized carbons (Fsp3) is 0.261. The van der Waals surface area contributed by atoms with Gasteiger partial charge in [0.15, 0.2) is 0 Å². The number of morpholine rings is 1. The summed E-state index contributed by atoms with van der Waals surface area (Å²) in [6, 6.07) is 15.3. The van der Waals surface area contributed by atoms with Crippen LogP contribution in [0, 0.1) is 17.1 Å². The molecule has 1 aliphatic rings. The van der Waals surface area contributed by atoms with Crippen LogP contribution in [0.25, 0.3) is 0 Å². The van der Waals surface area contributed by atoms with E-state index in [4.69, 9.17) is 4.74 Å². The van der Waals surface area contributed by atoms with Crippen molar-refractivity contribution in [3.05, 3.63) is 81.8 Å². The second-order valence-corrected chi connectivity index (χ2v) is 10.3. The van der Waals surface area contributed by atoms with Crippen LogP contribution in [-0.2, 0) is 27.8 Å². The number of thiophene rings is 1. The predicted molar refractivity (Wildman–Crippen MR) is 121 cm³/mol. The maximum absolute atomic E-state index is 14.0. The van der Waals surface area contributed by atoms with Gasteiger partial charge in [0.2, 0.25) is 0 Å². The summed E-state index contributed by atoms with van der Waals surface area (Å²) < 4.78 is 47.6. The molecule has 2 heterocycles. The maximum atomic E-state index is 14.0. The quantitative estimate of drug-likeness (QED) is 0.521. The van der Waals surface area contributed by atoms with Crippen molar-refractivity contribution in [2.24, 2.45) is 0 Å². The van der Waals surface area contributed by atoms with Gasteiger partial charge in [-0.05, 0) is 53.4 Å².